The number of pyridine rings is 1. The van der Waals surface area contributed by atoms with Crippen LogP contribution in [0.15, 0.2) is 42.6 Å². The predicted octanol–water partition coefficient (Wildman–Crippen LogP) is 3.14. The summed E-state index contributed by atoms with van der Waals surface area (Å²) in [5, 5.41) is 3.17. The third-order valence-electron chi connectivity index (χ3n) is 2.45. The molecule has 0 radical (unpaired) electrons. The average Bonchev–Trinajstić information content (AvgIpc) is 2.32. The molecule has 0 unspecified atom stereocenters. The monoisotopic (exact) mass is 216 g/mol. The van der Waals surface area contributed by atoms with E-state index in [9.17, 15) is 4.39 Å². The van der Waals surface area contributed by atoms with Gasteiger partial charge in [-0.15, -0.1) is 0 Å². The second-order valence-electron chi connectivity index (χ2n) is 3.59. The molecule has 0 spiro atoms. The van der Waals surface area contributed by atoms with Gasteiger partial charge in [-0.25, -0.2) is 4.39 Å². The zero-order valence-electron chi connectivity index (χ0n) is 9.07. The van der Waals surface area contributed by atoms with Crippen molar-refractivity contribution in [3.8, 4) is 0 Å². The highest BCUT2D eigenvalue weighted by Gasteiger charge is 2.02. The summed E-state index contributed by atoms with van der Waals surface area (Å²) < 4.78 is 13.2. The van der Waals surface area contributed by atoms with Crippen LogP contribution in [0.25, 0.3) is 0 Å². The summed E-state index contributed by atoms with van der Waals surface area (Å²) in [6.07, 6.45) is 1.75. The van der Waals surface area contributed by atoms with Gasteiger partial charge in [0, 0.05) is 17.4 Å². The lowest BCUT2D eigenvalue weighted by atomic mass is 10.2. The Hall–Kier alpha value is -1.90. The Morgan fingerprint density at radius 3 is 2.81 bits per heavy atom. The topological polar surface area (TPSA) is 24.9 Å². The summed E-state index contributed by atoms with van der Waals surface area (Å²) in [5.74, 6) is -0.189. The quantitative estimate of drug-likeness (QED) is 0.852. The predicted molar refractivity (Wildman–Crippen MR) is 62.7 cm³/mol. The maximum absolute atomic E-state index is 13.2. The molecule has 1 heterocycles. The molecule has 0 aliphatic carbocycles. The Morgan fingerprint density at radius 1 is 1.19 bits per heavy atom. The van der Waals surface area contributed by atoms with Crippen LogP contribution in [-0.2, 0) is 6.54 Å². The Labute approximate surface area is 94.2 Å². The van der Waals surface area contributed by atoms with Gasteiger partial charge < -0.3 is 5.32 Å². The normalized spacial score (nSPS) is 10.1. The van der Waals surface area contributed by atoms with Crippen molar-refractivity contribution in [1.29, 1.82) is 0 Å². The summed E-state index contributed by atoms with van der Waals surface area (Å²) in [5.41, 5.74) is 2.38. The molecule has 0 amide bonds. The Bertz CT molecular complexity index is 469. The molecule has 1 aromatic carbocycles. The second kappa shape index (κ2) is 4.75. The molecule has 3 heteroatoms. The molecule has 1 aromatic heterocycles. The molecule has 0 atom stereocenters. The van der Waals surface area contributed by atoms with Gasteiger partial charge in [0.15, 0.2) is 0 Å². The van der Waals surface area contributed by atoms with Crippen LogP contribution in [-0.4, -0.2) is 4.98 Å². The van der Waals surface area contributed by atoms with E-state index in [-0.39, 0.29) is 5.82 Å². The fraction of sp³-hybridized carbons (Fsp3) is 0.154. The van der Waals surface area contributed by atoms with Gasteiger partial charge in [0.05, 0.1) is 12.2 Å². The highest BCUT2D eigenvalue weighted by molar-refractivity contribution is 5.51. The fourth-order valence-corrected chi connectivity index (χ4v) is 1.49. The lowest BCUT2D eigenvalue weighted by molar-refractivity contribution is 0.619. The van der Waals surface area contributed by atoms with Gasteiger partial charge >= 0.3 is 0 Å². The standard InChI is InChI=1S/C13H13FN2/c1-10-12(14)6-4-7-13(10)16-9-11-5-2-3-8-15-11/h2-8,16H,9H2,1H3. The molecule has 0 aliphatic rings. The van der Waals surface area contributed by atoms with Crippen LogP contribution < -0.4 is 5.32 Å². The molecule has 1 N–H and O–H groups in total. The molecule has 2 nitrogen and oxygen atoms in total. The van der Waals surface area contributed by atoms with Crippen molar-refractivity contribution in [3.05, 3.63) is 59.7 Å². The third kappa shape index (κ3) is 2.37. The first-order valence-electron chi connectivity index (χ1n) is 5.16. The van der Waals surface area contributed by atoms with Crippen molar-refractivity contribution in [1.82, 2.24) is 4.98 Å². The van der Waals surface area contributed by atoms with Gasteiger partial charge in [0.25, 0.3) is 0 Å². The van der Waals surface area contributed by atoms with E-state index in [1.165, 1.54) is 6.07 Å². The molecular formula is C13H13FN2. The molecule has 0 bridgehead atoms. The number of halogens is 1. The van der Waals surface area contributed by atoms with Crippen LogP contribution in [0, 0.1) is 12.7 Å². The average molecular weight is 216 g/mol. The number of nitrogens with one attached hydrogen (secondary N) is 1. The Balaban J connectivity index is 2.08. The van der Waals surface area contributed by atoms with Crippen LogP contribution in [0.3, 0.4) is 0 Å². The van der Waals surface area contributed by atoms with Gasteiger partial charge in [0.1, 0.15) is 5.82 Å². The molecule has 82 valence electrons. The minimum atomic E-state index is -0.189. The summed E-state index contributed by atoms with van der Waals surface area (Å²) in [4.78, 5) is 4.19. The number of anilines is 1. The third-order valence-corrected chi connectivity index (χ3v) is 2.45. The second-order valence-corrected chi connectivity index (χ2v) is 3.59. The zero-order valence-corrected chi connectivity index (χ0v) is 9.07. The van der Waals surface area contributed by atoms with Crippen molar-refractivity contribution < 1.29 is 4.39 Å². The van der Waals surface area contributed by atoms with Crippen molar-refractivity contribution in [2.24, 2.45) is 0 Å². The summed E-state index contributed by atoms with van der Waals surface area (Å²) >= 11 is 0. The van der Waals surface area contributed by atoms with E-state index in [0.717, 1.165) is 11.4 Å². The van der Waals surface area contributed by atoms with Crippen LogP contribution in [0.2, 0.25) is 0 Å². The van der Waals surface area contributed by atoms with E-state index in [1.807, 2.05) is 24.3 Å². The summed E-state index contributed by atoms with van der Waals surface area (Å²) in [6.45, 7) is 2.36. The number of aromatic nitrogens is 1. The number of hydrogen-bond acceptors (Lipinski definition) is 2. The molecule has 16 heavy (non-hydrogen) atoms. The smallest absolute Gasteiger partial charge is 0.128 e. The minimum Gasteiger partial charge on any atom is -0.379 e. The number of hydrogen-bond donors (Lipinski definition) is 1. The van der Waals surface area contributed by atoms with Gasteiger partial charge in [-0.1, -0.05) is 12.1 Å². The lowest BCUT2D eigenvalue weighted by Crippen LogP contribution is -2.03. The number of rotatable bonds is 3. The van der Waals surface area contributed by atoms with Crippen molar-refractivity contribution in [3.63, 3.8) is 0 Å². The summed E-state index contributed by atoms with van der Waals surface area (Å²) in [7, 11) is 0. The molecule has 2 rings (SSSR count). The Kier molecular flexibility index (Phi) is 3.15. The number of benzene rings is 1. The minimum absolute atomic E-state index is 0.189. The van der Waals surface area contributed by atoms with Gasteiger partial charge in [-0.2, -0.15) is 0 Å². The maximum atomic E-state index is 13.2. The van der Waals surface area contributed by atoms with E-state index in [0.29, 0.717) is 12.1 Å². The molecule has 2 aromatic rings. The highest BCUT2D eigenvalue weighted by atomic mass is 19.1. The van der Waals surface area contributed by atoms with Crippen molar-refractivity contribution in [2.75, 3.05) is 5.32 Å². The van der Waals surface area contributed by atoms with Crippen LogP contribution in [0.1, 0.15) is 11.3 Å². The van der Waals surface area contributed by atoms with Crippen molar-refractivity contribution in [2.45, 2.75) is 13.5 Å². The van der Waals surface area contributed by atoms with E-state index >= 15 is 0 Å². The van der Waals surface area contributed by atoms with Crippen molar-refractivity contribution >= 4 is 5.69 Å². The number of nitrogens with zero attached hydrogens (tertiary/aromatic N) is 1. The lowest BCUT2D eigenvalue weighted by Gasteiger charge is -2.09. The molecule has 0 fully saturated rings. The maximum Gasteiger partial charge on any atom is 0.128 e. The first kappa shape index (κ1) is 10.6. The van der Waals surface area contributed by atoms with Gasteiger partial charge in [0.2, 0.25) is 0 Å². The molecule has 0 aliphatic heterocycles. The molecule has 0 saturated carbocycles. The van der Waals surface area contributed by atoms with Crippen LogP contribution >= 0.6 is 0 Å². The fourth-order valence-electron chi connectivity index (χ4n) is 1.49. The summed E-state index contributed by atoms with van der Waals surface area (Å²) in [6, 6.07) is 10.8. The van der Waals surface area contributed by atoms with Crippen LogP contribution in [0.4, 0.5) is 10.1 Å². The van der Waals surface area contributed by atoms with Gasteiger partial charge in [-0.3, -0.25) is 4.98 Å². The van der Waals surface area contributed by atoms with E-state index < -0.39 is 0 Å². The first-order valence-corrected chi connectivity index (χ1v) is 5.16. The van der Waals surface area contributed by atoms with Gasteiger partial charge in [-0.05, 0) is 31.2 Å². The molecule has 0 saturated heterocycles. The van der Waals surface area contributed by atoms with Crippen LogP contribution in [0.5, 0.6) is 0 Å². The van der Waals surface area contributed by atoms with E-state index in [4.69, 9.17) is 0 Å². The Morgan fingerprint density at radius 2 is 2.06 bits per heavy atom. The first-order chi connectivity index (χ1) is 7.77. The van der Waals surface area contributed by atoms with E-state index in [2.05, 4.69) is 10.3 Å². The SMILES string of the molecule is Cc1c(F)cccc1NCc1ccccn1. The zero-order chi connectivity index (χ0) is 11.4. The highest BCUT2D eigenvalue weighted by Crippen LogP contribution is 2.17. The molecular weight excluding hydrogens is 203 g/mol. The largest absolute Gasteiger partial charge is 0.379 e. The van der Waals surface area contributed by atoms with E-state index in [1.54, 1.807) is 19.2 Å².